The van der Waals surface area contributed by atoms with Gasteiger partial charge in [0.1, 0.15) is 5.82 Å². The molecule has 0 aromatic carbocycles. The van der Waals surface area contributed by atoms with Crippen LogP contribution in [0.5, 0.6) is 0 Å². The van der Waals surface area contributed by atoms with E-state index < -0.39 is 0 Å². The van der Waals surface area contributed by atoms with Crippen molar-refractivity contribution in [2.75, 3.05) is 29.4 Å². The number of rotatable bonds is 2. The van der Waals surface area contributed by atoms with E-state index in [1.807, 2.05) is 6.07 Å². The summed E-state index contributed by atoms with van der Waals surface area (Å²) in [5, 5.41) is 0. The van der Waals surface area contributed by atoms with Crippen molar-refractivity contribution in [3.8, 4) is 0 Å². The van der Waals surface area contributed by atoms with Crippen molar-refractivity contribution >= 4 is 30.1 Å². The molecule has 0 atom stereocenters. The molecule has 2 aliphatic heterocycles. The molecule has 2 aliphatic rings. The molecule has 3 heterocycles. The summed E-state index contributed by atoms with van der Waals surface area (Å²) in [6.45, 7) is 2.84. The average molecular weight is 269 g/mol. The van der Waals surface area contributed by atoms with Crippen LogP contribution in [0, 0.1) is 0 Å². The van der Waals surface area contributed by atoms with Gasteiger partial charge in [0.2, 0.25) is 11.9 Å². The molecular formula is C12H17ClN4O. The third kappa shape index (κ3) is 2.41. The van der Waals surface area contributed by atoms with Crippen LogP contribution in [-0.4, -0.2) is 35.5 Å². The summed E-state index contributed by atoms with van der Waals surface area (Å²) in [7, 11) is 0. The Morgan fingerprint density at radius 1 is 1.11 bits per heavy atom. The molecule has 0 bridgehead atoms. The van der Waals surface area contributed by atoms with E-state index in [9.17, 15) is 4.79 Å². The molecule has 98 valence electrons. The number of anilines is 2. The molecule has 0 N–H and O–H groups in total. The molecule has 1 amide bonds. The Bertz CT molecular complexity index is 434. The van der Waals surface area contributed by atoms with Gasteiger partial charge in [-0.15, -0.1) is 12.4 Å². The van der Waals surface area contributed by atoms with Gasteiger partial charge in [0.15, 0.2) is 0 Å². The largest absolute Gasteiger partial charge is 0.341 e. The van der Waals surface area contributed by atoms with Crippen LogP contribution in [0.25, 0.3) is 0 Å². The highest BCUT2D eigenvalue weighted by Crippen LogP contribution is 2.22. The smallest absolute Gasteiger partial charge is 0.228 e. The fourth-order valence-corrected chi connectivity index (χ4v) is 2.45. The van der Waals surface area contributed by atoms with Gasteiger partial charge >= 0.3 is 0 Å². The van der Waals surface area contributed by atoms with E-state index in [-0.39, 0.29) is 18.3 Å². The normalized spacial score (nSPS) is 19.2. The minimum atomic E-state index is 0. The van der Waals surface area contributed by atoms with Gasteiger partial charge in [-0.2, -0.15) is 4.98 Å². The standard InChI is InChI=1S/C12H16N4O.ClH/c17-11-4-3-9-16(11)10-5-6-13-12(14-10)15-7-1-2-8-15;/h5-6H,1-4,7-9H2;1H. The highest BCUT2D eigenvalue weighted by Gasteiger charge is 2.24. The van der Waals surface area contributed by atoms with Gasteiger partial charge in [-0.25, -0.2) is 4.98 Å². The van der Waals surface area contributed by atoms with Gasteiger partial charge in [-0.05, 0) is 25.3 Å². The van der Waals surface area contributed by atoms with E-state index in [2.05, 4.69) is 14.9 Å². The number of amides is 1. The summed E-state index contributed by atoms with van der Waals surface area (Å²) in [6.07, 6.45) is 5.74. The molecule has 1 aromatic rings. The average Bonchev–Trinajstić information content (AvgIpc) is 2.99. The minimum Gasteiger partial charge on any atom is -0.341 e. The first kappa shape index (κ1) is 13.1. The summed E-state index contributed by atoms with van der Waals surface area (Å²) in [5.41, 5.74) is 0. The second kappa shape index (κ2) is 5.52. The summed E-state index contributed by atoms with van der Waals surface area (Å²) >= 11 is 0. The Hall–Kier alpha value is -1.36. The van der Waals surface area contributed by atoms with Crippen molar-refractivity contribution in [1.29, 1.82) is 0 Å². The number of hydrogen-bond acceptors (Lipinski definition) is 4. The number of carbonyl (C=O) groups is 1. The highest BCUT2D eigenvalue weighted by molar-refractivity contribution is 5.94. The first-order valence-corrected chi connectivity index (χ1v) is 6.23. The molecule has 5 nitrogen and oxygen atoms in total. The highest BCUT2D eigenvalue weighted by atomic mass is 35.5. The van der Waals surface area contributed by atoms with Crippen LogP contribution in [0.3, 0.4) is 0 Å². The number of halogens is 1. The Balaban J connectivity index is 0.00000120. The van der Waals surface area contributed by atoms with Crippen LogP contribution in [-0.2, 0) is 4.79 Å². The maximum atomic E-state index is 11.7. The van der Waals surface area contributed by atoms with Gasteiger partial charge in [-0.1, -0.05) is 0 Å². The topological polar surface area (TPSA) is 49.3 Å². The van der Waals surface area contributed by atoms with Crippen LogP contribution in [0.4, 0.5) is 11.8 Å². The Morgan fingerprint density at radius 3 is 2.56 bits per heavy atom. The third-order valence-electron chi connectivity index (χ3n) is 3.37. The van der Waals surface area contributed by atoms with Gasteiger partial charge < -0.3 is 4.90 Å². The van der Waals surface area contributed by atoms with E-state index in [1.54, 1.807) is 11.1 Å². The quantitative estimate of drug-likeness (QED) is 0.818. The monoisotopic (exact) mass is 268 g/mol. The minimum absolute atomic E-state index is 0. The molecular weight excluding hydrogens is 252 g/mol. The van der Waals surface area contributed by atoms with Crippen molar-refractivity contribution < 1.29 is 4.79 Å². The van der Waals surface area contributed by atoms with E-state index in [4.69, 9.17) is 0 Å². The molecule has 18 heavy (non-hydrogen) atoms. The van der Waals surface area contributed by atoms with Gasteiger partial charge in [0.05, 0.1) is 0 Å². The predicted octanol–water partition coefficient (Wildman–Crippen LogP) is 1.63. The molecule has 2 fully saturated rings. The van der Waals surface area contributed by atoms with Crippen molar-refractivity contribution in [3.05, 3.63) is 12.3 Å². The molecule has 0 radical (unpaired) electrons. The summed E-state index contributed by atoms with van der Waals surface area (Å²) in [6, 6.07) is 1.82. The van der Waals surface area contributed by atoms with Crippen LogP contribution < -0.4 is 9.80 Å². The van der Waals surface area contributed by atoms with Gasteiger partial charge in [0.25, 0.3) is 0 Å². The molecule has 1 aromatic heterocycles. The van der Waals surface area contributed by atoms with Crippen molar-refractivity contribution in [3.63, 3.8) is 0 Å². The molecule has 0 saturated carbocycles. The van der Waals surface area contributed by atoms with E-state index in [0.29, 0.717) is 6.42 Å². The molecule has 3 rings (SSSR count). The maximum Gasteiger partial charge on any atom is 0.228 e. The number of carbonyl (C=O) groups excluding carboxylic acids is 1. The lowest BCUT2D eigenvalue weighted by Crippen LogP contribution is -2.26. The zero-order chi connectivity index (χ0) is 11.7. The number of hydrogen-bond donors (Lipinski definition) is 0. The van der Waals surface area contributed by atoms with Gasteiger partial charge in [0, 0.05) is 32.3 Å². The van der Waals surface area contributed by atoms with Crippen LogP contribution >= 0.6 is 12.4 Å². The van der Waals surface area contributed by atoms with Gasteiger partial charge in [-0.3, -0.25) is 9.69 Å². The maximum absolute atomic E-state index is 11.7. The third-order valence-corrected chi connectivity index (χ3v) is 3.37. The number of nitrogens with zero attached hydrogens (tertiary/aromatic N) is 4. The molecule has 6 heteroatoms. The lowest BCUT2D eigenvalue weighted by molar-refractivity contribution is -0.117. The summed E-state index contributed by atoms with van der Waals surface area (Å²) in [5.74, 6) is 1.69. The Labute approximate surface area is 113 Å². The molecule has 0 spiro atoms. The van der Waals surface area contributed by atoms with Crippen LogP contribution in [0.2, 0.25) is 0 Å². The number of aromatic nitrogens is 2. The SMILES string of the molecule is Cl.O=C1CCCN1c1ccnc(N2CCCC2)n1. The first-order chi connectivity index (χ1) is 8.34. The van der Waals surface area contributed by atoms with Crippen molar-refractivity contribution in [1.82, 2.24) is 9.97 Å². The van der Waals surface area contributed by atoms with E-state index in [1.165, 1.54) is 12.8 Å². The van der Waals surface area contributed by atoms with Crippen LogP contribution in [0.1, 0.15) is 25.7 Å². The van der Waals surface area contributed by atoms with E-state index >= 15 is 0 Å². The fraction of sp³-hybridized carbons (Fsp3) is 0.583. The summed E-state index contributed by atoms with van der Waals surface area (Å²) in [4.78, 5) is 24.4. The molecule has 0 aliphatic carbocycles. The lowest BCUT2D eigenvalue weighted by Gasteiger charge is -2.18. The Morgan fingerprint density at radius 2 is 1.89 bits per heavy atom. The first-order valence-electron chi connectivity index (χ1n) is 6.23. The van der Waals surface area contributed by atoms with Crippen LogP contribution in [0.15, 0.2) is 12.3 Å². The van der Waals surface area contributed by atoms with E-state index in [0.717, 1.165) is 37.8 Å². The molecule has 0 unspecified atom stereocenters. The fourth-order valence-electron chi connectivity index (χ4n) is 2.45. The lowest BCUT2D eigenvalue weighted by atomic mass is 10.4. The summed E-state index contributed by atoms with van der Waals surface area (Å²) < 4.78 is 0. The second-order valence-electron chi connectivity index (χ2n) is 4.56. The molecule has 2 saturated heterocycles. The van der Waals surface area contributed by atoms with Crippen molar-refractivity contribution in [2.24, 2.45) is 0 Å². The zero-order valence-corrected chi connectivity index (χ0v) is 11.0. The second-order valence-corrected chi connectivity index (χ2v) is 4.56. The van der Waals surface area contributed by atoms with Crippen molar-refractivity contribution in [2.45, 2.75) is 25.7 Å². The Kier molecular flexibility index (Phi) is 4.01. The predicted molar refractivity (Wildman–Crippen MR) is 72.3 cm³/mol. The zero-order valence-electron chi connectivity index (χ0n) is 10.2.